The molecular weight excluding hydrogens is 438 g/mol. The Bertz CT molecular complexity index is 1140. The SMILES string of the molecule is CCc1ccc(S(=O)(=O)N2CCC(N(C(=S)c3ccccc3)c3ccccn3)CC2)cc1. The van der Waals surface area contributed by atoms with Crippen LogP contribution in [0.25, 0.3) is 0 Å². The van der Waals surface area contributed by atoms with Crippen molar-refractivity contribution < 1.29 is 8.42 Å². The lowest BCUT2D eigenvalue weighted by Crippen LogP contribution is -2.49. The number of anilines is 1. The number of piperidine rings is 1. The molecule has 0 atom stereocenters. The third-order valence-corrected chi connectivity index (χ3v) is 8.24. The van der Waals surface area contributed by atoms with Crippen molar-refractivity contribution in [2.24, 2.45) is 0 Å². The molecule has 0 radical (unpaired) electrons. The molecule has 0 amide bonds. The number of hydrogen-bond acceptors (Lipinski definition) is 4. The Morgan fingerprint density at radius 1 is 1.00 bits per heavy atom. The number of nitrogens with zero attached hydrogens (tertiary/aromatic N) is 3. The van der Waals surface area contributed by atoms with Crippen molar-refractivity contribution in [3.63, 3.8) is 0 Å². The molecule has 1 saturated heterocycles. The smallest absolute Gasteiger partial charge is 0.243 e. The summed E-state index contributed by atoms with van der Waals surface area (Å²) in [5.41, 5.74) is 2.09. The molecule has 32 heavy (non-hydrogen) atoms. The van der Waals surface area contributed by atoms with E-state index >= 15 is 0 Å². The molecule has 0 unspecified atom stereocenters. The summed E-state index contributed by atoms with van der Waals surface area (Å²) in [7, 11) is -3.51. The van der Waals surface area contributed by atoms with Crippen LogP contribution in [0.15, 0.2) is 83.9 Å². The van der Waals surface area contributed by atoms with Crippen molar-refractivity contribution in [1.29, 1.82) is 0 Å². The van der Waals surface area contributed by atoms with E-state index in [1.165, 1.54) is 0 Å². The molecule has 0 N–H and O–H groups in total. The van der Waals surface area contributed by atoms with Crippen molar-refractivity contribution >= 4 is 33.0 Å². The predicted molar refractivity (Wildman–Crippen MR) is 132 cm³/mol. The van der Waals surface area contributed by atoms with Gasteiger partial charge in [-0.25, -0.2) is 13.4 Å². The average molecular weight is 466 g/mol. The number of aryl methyl sites for hydroxylation is 1. The number of rotatable bonds is 6. The Labute approximate surface area is 195 Å². The molecule has 4 rings (SSSR count). The van der Waals surface area contributed by atoms with Gasteiger partial charge in [-0.1, -0.05) is 67.7 Å². The Morgan fingerprint density at radius 3 is 2.25 bits per heavy atom. The second kappa shape index (κ2) is 9.90. The van der Waals surface area contributed by atoms with Gasteiger partial charge in [-0.2, -0.15) is 4.31 Å². The molecule has 0 spiro atoms. The minimum Gasteiger partial charge on any atom is -0.314 e. The average Bonchev–Trinajstić information content (AvgIpc) is 2.86. The minimum atomic E-state index is -3.51. The van der Waals surface area contributed by atoms with E-state index in [1.54, 1.807) is 22.6 Å². The third kappa shape index (κ3) is 4.75. The molecule has 1 aromatic heterocycles. The van der Waals surface area contributed by atoms with E-state index in [-0.39, 0.29) is 6.04 Å². The molecule has 0 bridgehead atoms. The van der Waals surface area contributed by atoms with Crippen LogP contribution in [0.4, 0.5) is 5.82 Å². The lowest BCUT2D eigenvalue weighted by molar-refractivity contribution is 0.320. The van der Waals surface area contributed by atoms with Gasteiger partial charge in [-0.3, -0.25) is 0 Å². The van der Waals surface area contributed by atoms with Crippen molar-refractivity contribution in [3.05, 3.63) is 90.1 Å². The van der Waals surface area contributed by atoms with Gasteiger partial charge in [-0.05, 0) is 49.1 Å². The van der Waals surface area contributed by atoms with Crippen LogP contribution in [0.5, 0.6) is 0 Å². The number of sulfonamides is 1. The molecule has 3 aromatic rings. The van der Waals surface area contributed by atoms with E-state index in [0.29, 0.717) is 35.8 Å². The van der Waals surface area contributed by atoms with Crippen molar-refractivity contribution in [1.82, 2.24) is 9.29 Å². The lowest BCUT2D eigenvalue weighted by atomic mass is 10.0. The van der Waals surface area contributed by atoms with Crippen LogP contribution in [0, 0.1) is 0 Å². The number of aromatic nitrogens is 1. The highest BCUT2D eigenvalue weighted by Crippen LogP contribution is 2.28. The Hall–Kier alpha value is -2.61. The fourth-order valence-electron chi connectivity index (χ4n) is 4.06. The maximum atomic E-state index is 13.2. The highest BCUT2D eigenvalue weighted by Gasteiger charge is 2.33. The van der Waals surface area contributed by atoms with Gasteiger partial charge >= 0.3 is 0 Å². The Balaban J connectivity index is 1.54. The summed E-state index contributed by atoms with van der Waals surface area (Å²) in [5.74, 6) is 0.790. The number of thiocarbonyl (C=S) groups is 1. The Morgan fingerprint density at radius 2 is 1.66 bits per heavy atom. The summed E-state index contributed by atoms with van der Waals surface area (Å²) in [6, 6.07) is 23.0. The summed E-state index contributed by atoms with van der Waals surface area (Å²) >= 11 is 5.86. The minimum absolute atomic E-state index is 0.0755. The maximum Gasteiger partial charge on any atom is 0.243 e. The largest absolute Gasteiger partial charge is 0.314 e. The Kier molecular flexibility index (Phi) is 6.98. The highest BCUT2D eigenvalue weighted by molar-refractivity contribution is 7.89. The standard InChI is InChI=1S/C25H27N3O2S2/c1-2-20-11-13-23(14-12-20)32(29,30)27-18-15-22(16-19-27)28(24-10-6-7-17-26-24)25(31)21-8-4-3-5-9-21/h3-14,17,22H,2,15-16,18-19H2,1H3. The van der Waals surface area contributed by atoms with Crippen LogP contribution >= 0.6 is 12.2 Å². The summed E-state index contributed by atoms with van der Waals surface area (Å²) in [5, 5.41) is 0. The molecule has 2 aromatic carbocycles. The molecule has 0 saturated carbocycles. The zero-order chi connectivity index (χ0) is 22.6. The van der Waals surface area contributed by atoms with Gasteiger partial charge in [0, 0.05) is 30.9 Å². The van der Waals surface area contributed by atoms with Crippen LogP contribution in [-0.4, -0.2) is 41.8 Å². The monoisotopic (exact) mass is 465 g/mol. The first-order chi connectivity index (χ1) is 15.5. The first-order valence-corrected chi connectivity index (χ1v) is 12.7. The molecule has 7 heteroatoms. The lowest BCUT2D eigenvalue weighted by Gasteiger charge is -2.38. The normalized spacial score (nSPS) is 15.4. The van der Waals surface area contributed by atoms with E-state index in [0.717, 1.165) is 23.4 Å². The van der Waals surface area contributed by atoms with Crippen LogP contribution < -0.4 is 4.90 Å². The van der Waals surface area contributed by atoms with Crippen molar-refractivity contribution in [3.8, 4) is 0 Å². The first-order valence-electron chi connectivity index (χ1n) is 10.9. The highest BCUT2D eigenvalue weighted by atomic mass is 32.2. The molecule has 2 heterocycles. The zero-order valence-electron chi connectivity index (χ0n) is 18.1. The predicted octanol–water partition coefficient (Wildman–Crippen LogP) is 4.68. The fourth-order valence-corrected chi connectivity index (χ4v) is 5.91. The van der Waals surface area contributed by atoms with E-state index < -0.39 is 10.0 Å². The molecule has 5 nitrogen and oxygen atoms in total. The van der Waals surface area contributed by atoms with Gasteiger partial charge in [-0.15, -0.1) is 0 Å². The van der Waals surface area contributed by atoms with Gasteiger partial charge in [0.25, 0.3) is 0 Å². The van der Waals surface area contributed by atoms with E-state index in [2.05, 4.69) is 16.8 Å². The molecule has 1 aliphatic heterocycles. The fraction of sp³-hybridized carbons (Fsp3) is 0.280. The number of pyridine rings is 1. The number of benzene rings is 2. The molecule has 0 aliphatic carbocycles. The van der Waals surface area contributed by atoms with Crippen molar-refractivity contribution in [2.75, 3.05) is 18.0 Å². The van der Waals surface area contributed by atoms with E-state index in [1.807, 2.05) is 60.7 Å². The number of hydrogen-bond donors (Lipinski definition) is 0. The summed E-state index contributed by atoms with van der Waals surface area (Å²) in [4.78, 5) is 7.69. The summed E-state index contributed by atoms with van der Waals surface area (Å²) < 4.78 is 27.9. The zero-order valence-corrected chi connectivity index (χ0v) is 19.7. The van der Waals surface area contributed by atoms with Crippen molar-refractivity contribution in [2.45, 2.75) is 37.1 Å². The maximum absolute atomic E-state index is 13.2. The van der Waals surface area contributed by atoms with Gasteiger partial charge < -0.3 is 4.90 Å². The van der Waals surface area contributed by atoms with Crippen LogP contribution in [0.1, 0.15) is 30.9 Å². The van der Waals surface area contributed by atoms with E-state index in [9.17, 15) is 8.42 Å². The second-order valence-corrected chi connectivity index (χ2v) is 10.2. The van der Waals surface area contributed by atoms with Crippen LogP contribution in [-0.2, 0) is 16.4 Å². The summed E-state index contributed by atoms with van der Waals surface area (Å²) in [6.45, 7) is 2.95. The van der Waals surface area contributed by atoms with E-state index in [4.69, 9.17) is 12.2 Å². The van der Waals surface area contributed by atoms with Gasteiger partial charge in [0.1, 0.15) is 10.8 Å². The molecule has 1 fully saturated rings. The molecule has 166 valence electrons. The second-order valence-electron chi connectivity index (χ2n) is 7.86. The quantitative estimate of drug-likeness (QED) is 0.495. The van der Waals surface area contributed by atoms with Crippen LogP contribution in [0.3, 0.4) is 0 Å². The van der Waals surface area contributed by atoms with Gasteiger partial charge in [0.05, 0.1) is 4.90 Å². The summed E-state index contributed by atoms with van der Waals surface area (Å²) in [6.07, 6.45) is 4.00. The van der Waals surface area contributed by atoms with Crippen LogP contribution in [0.2, 0.25) is 0 Å². The molecular formula is C25H27N3O2S2. The molecule has 1 aliphatic rings. The topological polar surface area (TPSA) is 53.5 Å². The van der Waals surface area contributed by atoms with Gasteiger partial charge in [0.15, 0.2) is 0 Å². The first kappa shape index (κ1) is 22.6. The third-order valence-electron chi connectivity index (χ3n) is 5.89. The van der Waals surface area contributed by atoms with Gasteiger partial charge in [0.2, 0.25) is 10.0 Å².